The lowest BCUT2D eigenvalue weighted by molar-refractivity contribution is -0.237. The fraction of sp³-hybridized carbons (Fsp3) is 1.00. The molecule has 0 amide bonds. The third-order valence-electron chi connectivity index (χ3n) is 1.93. The second-order valence-corrected chi connectivity index (χ2v) is 2.96. The number of hydrogen-bond acceptors (Lipinski definition) is 6. The summed E-state index contributed by atoms with van der Waals surface area (Å²) in [5, 5.41) is 36.2. The summed E-state index contributed by atoms with van der Waals surface area (Å²) in [6.45, 7) is -0.731. The molecule has 1 aliphatic heterocycles. The molecule has 1 fully saturated rings. The zero-order valence-electron chi connectivity index (χ0n) is 6.42. The molecular weight excluding hydrogens is 166 g/mol. The minimum atomic E-state index is -1.94. The summed E-state index contributed by atoms with van der Waals surface area (Å²) in [4.78, 5) is 0. The Balaban J connectivity index is 2.65. The van der Waals surface area contributed by atoms with E-state index in [0.29, 0.717) is 0 Å². The van der Waals surface area contributed by atoms with E-state index in [2.05, 4.69) is 0 Å². The van der Waals surface area contributed by atoms with Gasteiger partial charge in [0, 0.05) is 0 Å². The Morgan fingerprint density at radius 3 is 2.58 bits per heavy atom. The molecule has 1 rings (SSSR count). The summed E-state index contributed by atoms with van der Waals surface area (Å²) in [6, 6.07) is 0. The smallest absolute Gasteiger partial charge is 0.165 e. The third kappa shape index (κ3) is 1.58. The molecule has 0 aromatic rings. The van der Waals surface area contributed by atoms with Gasteiger partial charge in [0.25, 0.3) is 0 Å². The lowest BCUT2D eigenvalue weighted by atomic mass is 9.96. The molecule has 0 spiro atoms. The molecule has 0 saturated carbocycles. The van der Waals surface area contributed by atoms with Crippen LogP contribution in [0.25, 0.3) is 0 Å². The molecule has 72 valence electrons. The van der Waals surface area contributed by atoms with Crippen LogP contribution in [0.5, 0.6) is 0 Å². The highest BCUT2D eigenvalue weighted by Gasteiger charge is 2.45. The van der Waals surface area contributed by atoms with E-state index in [1.54, 1.807) is 0 Å². The molecule has 1 heterocycles. The van der Waals surface area contributed by atoms with Gasteiger partial charge in [-0.2, -0.15) is 0 Å². The Hall–Kier alpha value is -0.240. The zero-order valence-corrected chi connectivity index (χ0v) is 6.42. The van der Waals surface area contributed by atoms with E-state index in [-0.39, 0.29) is 6.61 Å². The molecule has 1 saturated heterocycles. The van der Waals surface area contributed by atoms with Gasteiger partial charge < -0.3 is 25.2 Å². The normalized spacial score (nSPS) is 49.2. The molecule has 0 aromatic heterocycles. The SMILES string of the molecule is N[C@]1(O)CO[C@H](CO)[C@@H](O)[C@@H]1O. The van der Waals surface area contributed by atoms with Crippen molar-refractivity contribution < 1.29 is 25.2 Å². The van der Waals surface area contributed by atoms with E-state index in [1.807, 2.05) is 0 Å². The van der Waals surface area contributed by atoms with Crippen LogP contribution in [-0.2, 0) is 4.74 Å². The minimum absolute atomic E-state index is 0.309. The highest BCUT2D eigenvalue weighted by molar-refractivity contribution is 4.93. The number of ether oxygens (including phenoxy) is 1. The van der Waals surface area contributed by atoms with Crippen molar-refractivity contribution in [1.82, 2.24) is 0 Å². The Bertz CT molecular complexity index is 162. The summed E-state index contributed by atoms with van der Waals surface area (Å²) in [6.07, 6.45) is -3.74. The predicted octanol–water partition coefficient (Wildman–Crippen LogP) is -3.25. The molecule has 4 atom stereocenters. The van der Waals surface area contributed by atoms with Crippen molar-refractivity contribution in [2.45, 2.75) is 24.0 Å². The van der Waals surface area contributed by atoms with Crippen molar-refractivity contribution in [3.05, 3.63) is 0 Å². The third-order valence-corrected chi connectivity index (χ3v) is 1.93. The average molecular weight is 179 g/mol. The maximum absolute atomic E-state index is 9.20. The van der Waals surface area contributed by atoms with Crippen LogP contribution in [0.4, 0.5) is 0 Å². The summed E-state index contributed by atoms with van der Waals surface area (Å²) in [5.41, 5.74) is 3.23. The molecule has 0 aliphatic carbocycles. The fourth-order valence-corrected chi connectivity index (χ4v) is 1.08. The summed E-state index contributed by atoms with van der Waals surface area (Å²) in [5.74, 6) is 0. The molecule has 0 radical (unpaired) electrons. The van der Waals surface area contributed by atoms with E-state index in [4.69, 9.17) is 15.6 Å². The van der Waals surface area contributed by atoms with E-state index in [1.165, 1.54) is 0 Å². The van der Waals surface area contributed by atoms with Gasteiger partial charge in [0.05, 0.1) is 13.2 Å². The number of hydrogen-bond donors (Lipinski definition) is 5. The zero-order chi connectivity index (χ0) is 9.35. The van der Waals surface area contributed by atoms with Gasteiger partial charge in [-0.25, -0.2) is 0 Å². The van der Waals surface area contributed by atoms with Gasteiger partial charge in [0.2, 0.25) is 0 Å². The maximum atomic E-state index is 9.20. The Kier molecular flexibility index (Phi) is 2.67. The average Bonchev–Trinajstić information content (AvgIpc) is 2.01. The molecule has 6 heteroatoms. The van der Waals surface area contributed by atoms with Crippen LogP contribution in [0.15, 0.2) is 0 Å². The number of aliphatic hydroxyl groups excluding tert-OH is 3. The van der Waals surface area contributed by atoms with Gasteiger partial charge in [0.1, 0.15) is 18.3 Å². The predicted molar refractivity (Wildman–Crippen MR) is 38.0 cm³/mol. The van der Waals surface area contributed by atoms with Crippen molar-refractivity contribution in [3.8, 4) is 0 Å². The Morgan fingerprint density at radius 2 is 2.08 bits per heavy atom. The Morgan fingerprint density at radius 1 is 1.50 bits per heavy atom. The molecule has 0 aromatic carbocycles. The summed E-state index contributed by atoms with van der Waals surface area (Å²) >= 11 is 0. The van der Waals surface area contributed by atoms with Crippen molar-refractivity contribution in [2.24, 2.45) is 5.73 Å². The van der Waals surface area contributed by atoms with Crippen LogP contribution in [0.2, 0.25) is 0 Å². The molecular formula is C6H13NO5. The van der Waals surface area contributed by atoms with Crippen LogP contribution in [-0.4, -0.2) is 57.7 Å². The first-order valence-electron chi connectivity index (χ1n) is 3.59. The van der Waals surface area contributed by atoms with E-state index in [9.17, 15) is 15.3 Å². The maximum Gasteiger partial charge on any atom is 0.165 e. The van der Waals surface area contributed by atoms with E-state index < -0.39 is 30.6 Å². The second kappa shape index (κ2) is 3.25. The first kappa shape index (κ1) is 9.85. The van der Waals surface area contributed by atoms with Crippen LogP contribution in [0.3, 0.4) is 0 Å². The molecule has 1 aliphatic rings. The largest absolute Gasteiger partial charge is 0.394 e. The number of aliphatic hydroxyl groups is 4. The highest BCUT2D eigenvalue weighted by Crippen LogP contribution is 2.19. The van der Waals surface area contributed by atoms with Gasteiger partial charge >= 0.3 is 0 Å². The Labute approximate surface area is 69.2 Å². The number of rotatable bonds is 1. The van der Waals surface area contributed by atoms with Crippen molar-refractivity contribution in [2.75, 3.05) is 13.2 Å². The topological polar surface area (TPSA) is 116 Å². The standard InChI is InChI=1S/C6H13NO5/c7-6(11)2-12-3(1-8)4(9)5(6)10/h3-5,8-11H,1-2,7H2/t3-,4-,5+,6+/m1/s1. The van der Waals surface area contributed by atoms with Gasteiger partial charge in [-0.3, -0.25) is 5.73 Å². The van der Waals surface area contributed by atoms with Gasteiger partial charge in [-0.05, 0) is 0 Å². The van der Waals surface area contributed by atoms with Gasteiger partial charge in [0.15, 0.2) is 5.72 Å². The van der Waals surface area contributed by atoms with E-state index in [0.717, 1.165) is 0 Å². The van der Waals surface area contributed by atoms with Crippen LogP contribution in [0.1, 0.15) is 0 Å². The summed E-state index contributed by atoms with van der Waals surface area (Å²) < 4.78 is 4.79. The molecule has 6 nitrogen and oxygen atoms in total. The monoisotopic (exact) mass is 179 g/mol. The molecule has 6 N–H and O–H groups in total. The molecule has 0 bridgehead atoms. The van der Waals surface area contributed by atoms with Gasteiger partial charge in [-0.1, -0.05) is 0 Å². The quantitative estimate of drug-likeness (QED) is 0.270. The van der Waals surface area contributed by atoms with Crippen LogP contribution in [0, 0.1) is 0 Å². The van der Waals surface area contributed by atoms with E-state index >= 15 is 0 Å². The first-order chi connectivity index (χ1) is 5.49. The lowest BCUT2D eigenvalue weighted by Gasteiger charge is -2.40. The van der Waals surface area contributed by atoms with Crippen LogP contribution < -0.4 is 5.73 Å². The van der Waals surface area contributed by atoms with Crippen molar-refractivity contribution >= 4 is 0 Å². The van der Waals surface area contributed by atoms with Crippen molar-refractivity contribution in [3.63, 3.8) is 0 Å². The lowest BCUT2D eigenvalue weighted by Crippen LogP contribution is -2.66. The molecule has 0 unspecified atom stereocenters. The fourth-order valence-electron chi connectivity index (χ4n) is 1.08. The molecule has 12 heavy (non-hydrogen) atoms. The van der Waals surface area contributed by atoms with Crippen LogP contribution >= 0.6 is 0 Å². The van der Waals surface area contributed by atoms with Crippen molar-refractivity contribution in [1.29, 1.82) is 0 Å². The van der Waals surface area contributed by atoms with Gasteiger partial charge in [-0.15, -0.1) is 0 Å². The highest BCUT2D eigenvalue weighted by atomic mass is 16.5. The second-order valence-electron chi connectivity index (χ2n) is 2.96. The summed E-state index contributed by atoms with van der Waals surface area (Å²) in [7, 11) is 0. The minimum Gasteiger partial charge on any atom is -0.394 e. The first-order valence-corrected chi connectivity index (χ1v) is 3.59. The number of nitrogens with two attached hydrogens (primary N) is 1.